The Balaban J connectivity index is 1.38. The number of para-hydroxylation sites is 1. The molecule has 2 aromatic rings. The zero-order chi connectivity index (χ0) is 23.6. The first-order chi connectivity index (χ1) is 15.8. The molecule has 0 saturated carbocycles. The fourth-order valence-electron chi connectivity index (χ4n) is 4.45. The van der Waals surface area contributed by atoms with Crippen molar-refractivity contribution >= 4 is 43.2 Å². The van der Waals surface area contributed by atoms with Gasteiger partial charge in [-0.2, -0.15) is 0 Å². The van der Waals surface area contributed by atoms with Crippen LogP contribution in [-0.2, 0) is 21.2 Å². The number of hydrogen-bond donors (Lipinski definition) is 1. The van der Waals surface area contributed by atoms with E-state index in [0.29, 0.717) is 54.9 Å². The van der Waals surface area contributed by atoms with Gasteiger partial charge >= 0.3 is 0 Å². The Hall–Kier alpha value is -2.01. The lowest BCUT2D eigenvalue weighted by molar-refractivity contribution is -0.118. The Labute approximate surface area is 202 Å². The highest BCUT2D eigenvalue weighted by Gasteiger charge is 2.32. The number of anilines is 2. The number of benzene rings is 2. The third-order valence-electron chi connectivity index (χ3n) is 6.17. The van der Waals surface area contributed by atoms with Gasteiger partial charge in [0.2, 0.25) is 15.9 Å². The molecular weight excluding hydrogens is 511 g/mol. The van der Waals surface area contributed by atoms with Crippen molar-refractivity contribution in [2.45, 2.75) is 24.7 Å². The molecule has 2 aromatic carbocycles. The van der Waals surface area contributed by atoms with Gasteiger partial charge in [0.25, 0.3) is 0 Å². The van der Waals surface area contributed by atoms with Crippen LogP contribution in [0.5, 0.6) is 0 Å². The first-order valence-electron chi connectivity index (χ1n) is 11.1. The van der Waals surface area contributed by atoms with E-state index in [1.54, 1.807) is 30.0 Å². The van der Waals surface area contributed by atoms with Crippen molar-refractivity contribution in [3.8, 4) is 0 Å². The van der Waals surface area contributed by atoms with Crippen molar-refractivity contribution < 1.29 is 17.6 Å². The Morgan fingerprint density at radius 3 is 2.55 bits per heavy atom. The normalized spacial score (nSPS) is 16.8. The summed E-state index contributed by atoms with van der Waals surface area (Å²) in [7, 11) is -3.80. The van der Waals surface area contributed by atoms with Gasteiger partial charge in [-0.1, -0.05) is 35.0 Å². The van der Waals surface area contributed by atoms with Gasteiger partial charge in [0.05, 0.1) is 11.4 Å². The van der Waals surface area contributed by atoms with Gasteiger partial charge in [-0.25, -0.2) is 17.5 Å². The highest BCUT2D eigenvalue weighted by Crippen LogP contribution is 2.37. The van der Waals surface area contributed by atoms with E-state index in [2.05, 4.69) is 25.6 Å². The zero-order valence-electron chi connectivity index (χ0n) is 18.6. The third kappa shape index (κ3) is 5.24. The highest BCUT2D eigenvalue weighted by atomic mass is 79.9. The summed E-state index contributed by atoms with van der Waals surface area (Å²) in [6, 6.07) is 10.2. The SMILES string of the molecule is CCC(=O)N1CCc2cc(Br)cc(S(=O)(=O)NCCN3CCN(c4ccccc4F)CC3)c21. The Morgan fingerprint density at radius 1 is 1.12 bits per heavy atom. The van der Waals surface area contributed by atoms with Gasteiger partial charge in [-0.15, -0.1) is 0 Å². The standard InChI is InChI=1S/C23H28BrFN4O3S/c1-2-22(30)29-9-7-17-15-18(24)16-21(23(17)29)33(31,32)26-8-10-27-11-13-28(14-12-27)20-6-4-3-5-19(20)25/h3-6,15-16,26H,2,7-14H2,1H3. The molecule has 10 heteroatoms. The van der Waals surface area contributed by atoms with Gasteiger partial charge in [-0.3, -0.25) is 9.69 Å². The number of sulfonamides is 1. The number of amides is 1. The molecule has 1 fully saturated rings. The molecule has 2 aliphatic rings. The van der Waals surface area contributed by atoms with Crippen LogP contribution in [0.4, 0.5) is 15.8 Å². The summed E-state index contributed by atoms with van der Waals surface area (Å²) in [5.41, 5.74) is 1.96. The van der Waals surface area contributed by atoms with Crippen molar-refractivity contribution in [2.24, 2.45) is 0 Å². The number of nitrogens with zero attached hydrogens (tertiary/aromatic N) is 3. The van der Waals surface area contributed by atoms with Crippen LogP contribution in [-0.4, -0.2) is 65.0 Å². The lowest BCUT2D eigenvalue weighted by Gasteiger charge is -2.36. The predicted molar refractivity (Wildman–Crippen MR) is 131 cm³/mol. The van der Waals surface area contributed by atoms with Crippen LogP contribution >= 0.6 is 15.9 Å². The quantitative estimate of drug-likeness (QED) is 0.586. The van der Waals surface area contributed by atoms with Crippen molar-refractivity contribution in [2.75, 3.05) is 55.6 Å². The molecule has 1 amide bonds. The van der Waals surface area contributed by atoms with E-state index >= 15 is 0 Å². The molecule has 2 aliphatic heterocycles. The van der Waals surface area contributed by atoms with Crippen LogP contribution in [0.25, 0.3) is 0 Å². The number of piperazine rings is 1. The van der Waals surface area contributed by atoms with Crippen molar-refractivity contribution in [3.05, 3.63) is 52.3 Å². The van der Waals surface area contributed by atoms with Crippen molar-refractivity contribution in [1.82, 2.24) is 9.62 Å². The minimum atomic E-state index is -3.80. The number of hydrogen-bond acceptors (Lipinski definition) is 5. The van der Waals surface area contributed by atoms with Crippen LogP contribution in [0.2, 0.25) is 0 Å². The van der Waals surface area contributed by atoms with Gasteiger partial charge < -0.3 is 9.80 Å². The minimum Gasteiger partial charge on any atom is -0.367 e. The second-order valence-electron chi connectivity index (χ2n) is 8.24. The van der Waals surface area contributed by atoms with Crippen LogP contribution in [0.3, 0.4) is 0 Å². The predicted octanol–water partition coefficient (Wildman–Crippen LogP) is 2.99. The molecule has 0 aromatic heterocycles. The highest BCUT2D eigenvalue weighted by molar-refractivity contribution is 9.10. The number of halogens is 2. The molecule has 0 atom stereocenters. The lowest BCUT2D eigenvalue weighted by atomic mass is 10.2. The molecular formula is C23H28BrFN4O3S. The van der Waals surface area contributed by atoms with Crippen LogP contribution in [0, 0.1) is 5.82 Å². The van der Waals surface area contributed by atoms with E-state index in [1.165, 1.54) is 6.07 Å². The number of rotatable bonds is 7. The summed E-state index contributed by atoms with van der Waals surface area (Å²) in [5, 5.41) is 0. The lowest BCUT2D eigenvalue weighted by Crippen LogP contribution is -2.48. The van der Waals surface area contributed by atoms with Gasteiger partial charge in [0.15, 0.2) is 0 Å². The monoisotopic (exact) mass is 538 g/mol. The van der Waals surface area contributed by atoms with E-state index < -0.39 is 10.0 Å². The van der Waals surface area contributed by atoms with Gasteiger partial charge in [0.1, 0.15) is 10.7 Å². The topological polar surface area (TPSA) is 73.0 Å². The van der Waals surface area contributed by atoms with Crippen molar-refractivity contribution in [1.29, 1.82) is 0 Å². The summed E-state index contributed by atoms with van der Waals surface area (Å²) >= 11 is 3.41. The Kier molecular flexibility index (Phi) is 7.37. The molecule has 1 saturated heterocycles. The number of nitrogens with one attached hydrogen (secondary N) is 1. The van der Waals surface area contributed by atoms with E-state index in [-0.39, 0.29) is 23.2 Å². The van der Waals surface area contributed by atoms with E-state index in [4.69, 9.17) is 0 Å². The number of fused-ring (bicyclic) bond motifs is 1. The zero-order valence-corrected chi connectivity index (χ0v) is 21.0. The number of carbonyl (C=O) groups is 1. The average Bonchev–Trinajstić information content (AvgIpc) is 3.22. The molecule has 4 rings (SSSR count). The molecule has 0 radical (unpaired) electrons. The molecule has 0 bridgehead atoms. The molecule has 178 valence electrons. The first kappa shape index (κ1) is 24.1. The first-order valence-corrected chi connectivity index (χ1v) is 13.4. The molecule has 0 spiro atoms. The fourth-order valence-corrected chi connectivity index (χ4v) is 6.40. The molecule has 0 aliphatic carbocycles. The summed E-state index contributed by atoms with van der Waals surface area (Å²) in [6.07, 6.45) is 0.955. The molecule has 1 N–H and O–H groups in total. The molecule has 0 unspecified atom stereocenters. The second-order valence-corrected chi connectivity index (χ2v) is 10.9. The van der Waals surface area contributed by atoms with Gasteiger partial charge in [0, 0.05) is 56.7 Å². The summed E-state index contributed by atoms with van der Waals surface area (Å²) in [5.74, 6) is -0.309. The van der Waals surface area contributed by atoms with E-state index in [9.17, 15) is 17.6 Å². The second kappa shape index (κ2) is 10.1. The van der Waals surface area contributed by atoms with Crippen LogP contribution in [0.1, 0.15) is 18.9 Å². The minimum absolute atomic E-state index is 0.0831. The van der Waals surface area contributed by atoms with Gasteiger partial charge in [-0.05, 0) is 36.2 Å². The molecule has 2 heterocycles. The maximum atomic E-state index is 14.0. The van der Waals surface area contributed by atoms with E-state index in [1.807, 2.05) is 17.0 Å². The summed E-state index contributed by atoms with van der Waals surface area (Å²) in [6.45, 7) is 5.89. The third-order valence-corrected chi connectivity index (χ3v) is 8.10. The number of carbonyl (C=O) groups excluding carboxylic acids is 1. The van der Waals surface area contributed by atoms with Crippen LogP contribution in [0.15, 0.2) is 45.8 Å². The maximum Gasteiger partial charge on any atom is 0.242 e. The van der Waals surface area contributed by atoms with Crippen LogP contribution < -0.4 is 14.5 Å². The Morgan fingerprint density at radius 2 is 1.85 bits per heavy atom. The Bertz CT molecular complexity index is 1140. The average molecular weight is 539 g/mol. The fraction of sp³-hybridized carbons (Fsp3) is 0.435. The smallest absolute Gasteiger partial charge is 0.242 e. The molecule has 33 heavy (non-hydrogen) atoms. The van der Waals surface area contributed by atoms with E-state index in [0.717, 1.165) is 18.7 Å². The summed E-state index contributed by atoms with van der Waals surface area (Å²) < 4.78 is 43.8. The van der Waals surface area contributed by atoms with Crippen molar-refractivity contribution in [3.63, 3.8) is 0 Å². The maximum absolute atomic E-state index is 14.0. The largest absolute Gasteiger partial charge is 0.367 e. The molecule has 7 nitrogen and oxygen atoms in total. The summed E-state index contributed by atoms with van der Waals surface area (Å²) in [4.78, 5) is 18.3.